The molecule has 5 rings (SSSR count). The van der Waals surface area contributed by atoms with Gasteiger partial charge in [0.25, 0.3) is 0 Å². The van der Waals surface area contributed by atoms with E-state index in [9.17, 15) is 0 Å². The zero-order valence-electron chi connectivity index (χ0n) is 12.4. The lowest BCUT2D eigenvalue weighted by Crippen LogP contribution is -1.82. The van der Waals surface area contributed by atoms with Gasteiger partial charge in [-0.15, -0.1) is 0 Å². The molecule has 0 fully saturated rings. The number of fused-ring (bicyclic) bond motifs is 6. The summed E-state index contributed by atoms with van der Waals surface area (Å²) in [4.78, 5) is 0. The van der Waals surface area contributed by atoms with Gasteiger partial charge in [-0.3, -0.25) is 0 Å². The summed E-state index contributed by atoms with van der Waals surface area (Å²) in [7, 11) is 0. The maximum Gasteiger partial charge on any atom is 0.175 e. The molecule has 5 aromatic rings. The van der Waals surface area contributed by atoms with Crippen LogP contribution in [0.2, 0.25) is 0 Å². The lowest BCUT2D eigenvalue weighted by atomic mass is 9.96. The fraction of sp³-hybridized carbons (Fsp3) is 0. The van der Waals surface area contributed by atoms with E-state index < -0.39 is 0 Å². The van der Waals surface area contributed by atoms with E-state index in [2.05, 4.69) is 59.8 Å². The van der Waals surface area contributed by atoms with Gasteiger partial charge in [0.15, 0.2) is 5.58 Å². The van der Waals surface area contributed by atoms with Crippen molar-refractivity contribution in [3.8, 4) is 11.3 Å². The zero-order chi connectivity index (χ0) is 15.2. The predicted molar refractivity (Wildman–Crippen MR) is 94.5 cm³/mol. The zero-order valence-corrected chi connectivity index (χ0v) is 12.4. The second-order valence-electron chi connectivity index (χ2n) is 5.69. The van der Waals surface area contributed by atoms with Gasteiger partial charge in [-0.25, -0.2) is 0 Å². The summed E-state index contributed by atoms with van der Waals surface area (Å²) in [6.07, 6.45) is 0. The Bertz CT molecular complexity index is 1160. The molecule has 1 heterocycles. The van der Waals surface area contributed by atoms with Crippen LogP contribution in [0, 0.1) is 0 Å². The van der Waals surface area contributed by atoms with E-state index in [0.717, 1.165) is 27.6 Å². The summed E-state index contributed by atoms with van der Waals surface area (Å²) in [5.41, 5.74) is 2.84. The van der Waals surface area contributed by atoms with Crippen LogP contribution >= 0.6 is 0 Å². The van der Waals surface area contributed by atoms with Gasteiger partial charge in [-0.2, -0.15) is 0 Å². The molecule has 23 heavy (non-hydrogen) atoms. The van der Waals surface area contributed by atoms with Crippen LogP contribution in [-0.4, -0.2) is 5.16 Å². The van der Waals surface area contributed by atoms with E-state index in [1.54, 1.807) is 0 Å². The minimum absolute atomic E-state index is 0.859. The molecule has 4 aromatic carbocycles. The summed E-state index contributed by atoms with van der Waals surface area (Å²) in [5.74, 6) is 0. The van der Waals surface area contributed by atoms with Crippen LogP contribution in [0.4, 0.5) is 0 Å². The monoisotopic (exact) mass is 295 g/mol. The molecule has 108 valence electrons. The molecule has 0 saturated carbocycles. The predicted octanol–water partition coefficient (Wildman–Crippen LogP) is 5.80. The summed E-state index contributed by atoms with van der Waals surface area (Å²) in [6, 6.07) is 27.0. The van der Waals surface area contributed by atoms with Crippen LogP contribution in [0.3, 0.4) is 0 Å². The largest absolute Gasteiger partial charge is 0.355 e. The number of aromatic nitrogens is 1. The van der Waals surface area contributed by atoms with Gasteiger partial charge in [-0.1, -0.05) is 84.0 Å². The molecule has 1 aromatic heterocycles. The second kappa shape index (κ2) is 4.68. The lowest BCUT2D eigenvalue weighted by molar-refractivity contribution is 0.462. The third-order valence-corrected chi connectivity index (χ3v) is 4.40. The van der Waals surface area contributed by atoms with Crippen molar-refractivity contribution in [2.24, 2.45) is 0 Å². The van der Waals surface area contributed by atoms with Crippen molar-refractivity contribution in [2.45, 2.75) is 0 Å². The van der Waals surface area contributed by atoms with Crippen LogP contribution in [0.25, 0.3) is 43.8 Å². The third-order valence-electron chi connectivity index (χ3n) is 4.40. The Morgan fingerprint density at radius 3 is 1.87 bits per heavy atom. The first-order valence-electron chi connectivity index (χ1n) is 7.68. The lowest BCUT2D eigenvalue weighted by Gasteiger charge is -2.06. The van der Waals surface area contributed by atoms with Crippen molar-refractivity contribution in [2.75, 3.05) is 0 Å². The first kappa shape index (κ1) is 12.4. The van der Waals surface area contributed by atoms with E-state index in [1.165, 1.54) is 16.2 Å². The molecule has 0 aliphatic rings. The van der Waals surface area contributed by atoms with Crippen LogP contribution in [0.5, 0.6) is 0 Å². The molecule has 0 aliphatic carbocycles. The Labute approximate surface area is 132 Å². The molecule has 2 nitrogen and oxygen atoms in total. The second-order valence-corrected chi connectivity index (χ2v) is 5.69. The van der Waals surface area contributed by atoms with Crippen molar-refractivity contribution in [3.63, 3.8) is 0 Å². The molecule has 2 heteroatoms. The van der Waals surface area contributed by atoms with Crippen LogP contribution < -0.4 is 0 Å². The highest BCUT2D eigenvalue weighted by Crippen LogP contribution is 2.39. The van der Waals surface area contributed by atoms with Crippen molar-refractivity contribution >= 4 is 32.5 Å². The van der Waals surface area contributed by atoms with Crippen LogP contribution in [0.1, 0.15) is 0 Å². The standard InChI is InChI=1S/C21H13NO/c1-2-8-14(9-3-1)20-19-17-12-6-4-10-15(17)16-11-5-7-13-18(16)21(19)23-22-20/h1-13H. The van der Waals surface area contributed by atoms with E-state index >= 15 is 0 Å². The minimum Gasteiger partial charge on any atom is -0.355 e. The quantitative estimate of drug-likeness (QED) is 0.365. The van der Waals surface area contributed by atoms with Crippen molar-refractivity contribution in [1.82, 2.24) is 5.16 Å². The molecule has 0 saturated heterocycles. The molecule has 0 amide bonds. The molecule has 0 bridgehead atoms. The number of hydrogen-bond acceptors (Lipinski definition) is 2. The van der Waals surface area contributed by atoms with Crippen LogP contribution in [-0.2, 0) is 0 Å². The first-order valence-corrected chi connectivity index (χ1v) is 7.68. The summed E-state index contributed by atoms with van der Waals surface area (Å²) in [6.45, 7) is 0. The number of hydrogen-bond donors (Lipinski definition) is 0. The van der Waals surface area contributed by atoms with Gasteiger partial charge in [0.2, 0.25) is 0 Å². The molecule has 0 atom stereocenters. The third kappa shape index (κ3) is 1.72. The Kier molecular flexibility index (Phi) is 2.53. The van der Waals surface area contributed by atoms with Crippen molar-refractivity contribution in [1.29, 1.82) is 0 Å². The first-order chi connectivity index (χ1) is 11.4. The van der Waals surface area contributed by atoms with Gasteiger partial charge in [0.1, 0.15) is 5.69 Å². The van der Waals surface area contributed by atoms with E-state index in [-0.39, 0.29) is 0 Å². The SMILES string of the molecule is c1ccc(-c2noc3c4ccccc4c4ccccc4c23)cc1. The highest BCUT2D eigenvalue weighted by atomic mass is 16.5. The van der Waals surface area contributed by atoms with Gasteiger partial charge in [0.05, 0.1) is 5.39 Å². The average Bonchev–Trinajstić information content (AvgIpc) is 3.08. The Balaban J connectivity index is 2.06. The number of rotatable bonds is 1. The molecule has 0 unspecified atom stereocenters. The maximum atomic E-state index is 5.77. The van der Waals surface area contributed by atoms with Gasteiger partial charge >= 0.3 is 0 Å². The van der Waals surface area contributed by atoms with E-state index in [0.29, 0.717) is 0 Å². The molecule has 0 radical (unpaired) electrons. The molecular weight excluding hydrogens is 282 g/mol. The Morgan fingerprint density at radius 1 is 0.565 bits per heavy atom. The fourth-order valence-corrected chi connectivity index (χ4v) is 3.37. The van der Waals surface area contributed by atoms with Gasteiger partial charge in [-0.05, 0) is 16.2 Å². The highest BCUT2D eigenvalue weighted by Gasteiger charge is 2.17. The van der Waals surface area contributed by atoms with Gasteiger partial charge in [0, 0.05) is 10.9 Å². The van der Waals surface area contributed by atoms with Crippen molar-refractivity contribution in [3.05, 3.63) is 78.9 Å². The Hall–Kier alpha value is -3.13. The fourth-order valence-electron chi connectivity index (χ4n) is 3.37. The maximum absolute atomic E-state index is 5.77. The summed E-state index contributed by atoms with van der Waals surface area (Å²) < 4.78 is 5.77. The van der Waals surface area contributed by atoms with E-state index in [4.69, 9.17) is 4.52 Å². The number of benzene rings is 4. The number of nitrogens with zero attached hydrogens (tertiary/aromatic N) is 1. The Morgan fingerprint density at radius 2 is 1.13 bits per heavy atom. The molecule has 0 aliphatic heterocycles. The average molecular weight is 295 g/mol. The van der Waals surface area contributed by atoms with E-state index in [1.807, 2.05) is 24.3 Å². The normalized spacial score (nSPS) is 11.5. The van der Waals surface area contributed by atoms with Gasteiger partial charge < -0.3 is 4.52 Å². The molecule has 0 N–H and O–H groups in total. The summed E-state index contributed by atoms with van der Waals surface area (Å²) >= 11 is 0. The minimum atomic E-state index is 0.859. The van der Waals surface area contributed by atoms with Crippen molar-refractivity contribution < 1.29 is 4.52 Å². The smallest absolute Gasteiger partial charge is 0.175 e. The highest BCUT2D eigenvalue weighted by molar-refractivity contribution is 6.26. The summed E-state index contributed by atoms with van der Waals surface area (Å²) in [5, 5.41) is 10.2. The molecular formula is C21H13NO. The topological polar surface area (TPSA) is 26.0 Å². The van der Waals surface area contributed by atoms with Crippen LogP contribution in [0.15, 0.2) is 83.4 Å². The molecule has 0 spiro atoms.